The van der Waals surface area contributed by atoms with Gasteiger partial charge in [0.15, 0.2) is 6.29 Å². The van der Waals surface area contributed by atoms with Crippen molar-refractivity contribution in [1.29, 1.82) is 0 Å². The van der Waals surface area contributed by atoms with E-state index >= 15 is 0 Å². The molecule has 3 rings (SSSR count). The van der Waals surface area contributed by atoms with Crippen molar-refractivity contribution in [3.05, 3.63) is 45.1 Å². The Morgan fingerprint density at radius 3 is 2.62 bits per heavy atom. The van der Waals surface area contributed by atoms with Crippen molar-refractivity contribution in [1.82, 2.24) is 9.78 Å². The number of benzene rings is 1. The van der Waals surface area contributed by atoms with Gasteiger partial charge in [0.2, 0.25) is 0 Å². The van der Waals surface area contributed by atoms with Crippen molar-refractivity contribution >= 4 is 17.7 Å². The van der Waals surface area contributed by atoms with Gasteiger partial charge in [-0.3, -0.25) is 9.59 Å². The summed E-state index contributed by atoms with van der Waals surface area (Å²) in [6.45, 7) is 2.78. The largest absolute Gasteiger partial charge is 0.386 e. The molecule has 0 radical (unpaired) electrons. The fraction of sp³-hybridized carbons (Fsp3) is 0.389. The number of hydrogen-bond acceptors (Lipinski definition) is 7. The summed E-state index contributed by atoms with van der Waals surface area (Å²) in [5.74, 6) is 0. The van der Waals surface area contributed by atoms with Crippen LogP contribution in [0.1, 0.15) is 36.2 Å². The molecule has 0 spiro atoms. The summed E-state index contributed by atoms with van der Waals surface area (Å²) in [5.41, 5.74) is 1.36. The highest BCUT2D eigenvalue weighted by Gasteiger charge is 2.29. The molecule has 1 aliphatic carbocycles. The molecular formula is C18H22N4O4. The molecule has 0 saturated heterocycles. The van der Waals surface area contributed by atoms with Crippen LogP contribution in [-0.4, -0.2) is 36.8 Å². The zero-order chi connectivity index (χ0) is 19.1. The molecule has 26 heavy (non-hydrogen) atoms. The normalized spacial score (nSPS) is 12.7. The van der Waals surface area contributed by atoms with Crippen molar-refractivity contribution in [3.8, 4) is 11.3 Å². The number of rotatable bonds is 6. The van der Waals surface area contributed by atoms with E-state index in [-0.39, 0.29) is 17.3 Å². The van der Waals surface area contributed by atoms with Gasteiger partial charge in [-0.05, 0) is 37.1 Å². The van der Waals surface area contributed by atoms with Crippen LogP contribution in [0.3, 0.4) is 0 Å². The molecule has 1 heterocycles. The second-order valence-electron chi connectivity index (χ2n) is 5.70. The summed E-state index contributed by atoms with van der Waals surface area (Å²) in [6.07, 6.45) is 2.29. The van der Waals surface area contributed by atoms with Gasteiger partial charge in [0.05, 0.1) is 11.7 Å². The number of carbonyl (C=O) groups is 1. The number of nitrogens with one attached hydrogen (secondary N) is 1. The van der Waals surface area contributed by atoms with Gasteiger partial charge in [-0.2, -0.15) is 5.10 Å². The molecule has 1 fully saturated rings. The summed E-state index contributed by atoms with van der Waals surface area (Å²) in [4.78, 5) is 34.4. The van der Waals surface area contributed by atoms with E-state index < -0.39 is 5.56 Å². The van der Waals surface area contributed by atoms with Crippen LogP contribution in [0.2, 0.25) is 0 Å². The molecule has 0 aliphatic heterocycles. The van der Waals surface area contributed by atoms with Crippen LogP contribution in [0, 0.1) is 4.91 Å². The Hall–Kier alpha value is -2.87. The third kappa shape index (κ3) is 4.20. The van der Waals surface area contributed by atoms with Gasteiger partial charge in [-0.1, -0.05) is 12.1 Å². The van der Waals surface area contributed by atoms with Gasteiger partial charge in [0, 0.05) is 26.3 Å². The number of hydrogen-bond donors (Lipinski definition) is 1. The highest BCUT2D eigenvalue weighted by molar-refractivity contribution is 5.90. The summed E-state index contributed by atoms with van der Waals surface area (Å²) < 4.78 is 5.90. The van der Waals surface area contributed by atoms with Crippen LogP contribution in [0.4, 0.5) is 11.4 Å². The Labute approximate surface area is 151 Å². The minimum atomic E-state index is -0.393. The highest BCUT2D eigenvalue weighted by atomic mass is 16.5. The van der Waals surface area contributed by atoms with E-state index in [1.54, 1.807) is 38.4 Å². The van der Waals surface area contributed by atoms with Gasteiger partial charge in [-0.15, -0.1) is 4.91 Å². The predicted molar refractivity (Wildman–Crippen MR) is 100 cm³/mol. The molecule has 0 unspecified atom stereocenters. The van der Waals surface area contributed by atoms with Crippen LogP contribution >= 0.6 is 0 Å². The Kier molecular flexibility index (Phi) is 6.74. The monoisotopic (exact) mass is 358 g/mol. The molecular weight excluding hydrogens is 336 g/mol. The topological polar surface area (TPSA) is 103 Å². The van der Waals surface area contributed by atoms with Crippen molar-refractivity contribution < 1.29 is 9.53 Å². The van der Waals surface area contributed by atoms with Gasteiger partial charge in [-0.25, -0.2) is 4.68 Å². The third-order valence-electron chi connectivity index (χ3n) is 3.93. The van der Waals surface area contributed by atoms with E-state index in [2.05, 4.69) is 20.3 Å². The SMILES string of the molecule is CCOC.CNc1c(-c2cccc(N=O)c2)nn(C2CC2)c(=O)c1C=O. The highest BCUT2D eigenvalue weighted by Crippen LogP contribution is 2.35. The molecule has 1 N–H and O–H groups in total. The second kappa shape index (κ2) is 9.00. The molecule has 1 aromatic carbocycles. The molecule has 1 aromatic heterocycles. The summed E-state index contributed by atoms with van der Waals surface area (Å²) in [7, 11) is 3.30. The minimum Gasteiger partial charge on any atom is -0.386 e. The lowest BCUT2D eigenvalue weighted by atomic mass is 10.1. The molecule has 1 aliphatic rings. The molecule has 0 atom stereocenters. The maximum Gasteiger partial charge on any atom is 0.279 e. The fourth-order valence-electron chi connectivity index (χ4n) is 2.40. The standard InChI is InChI=1S/C15H14N4O3.C3H8O/c1-16-14-12(8-20)15(21)19(11-5-6-11)17-13(14)9-3-2-4-10(7-9)18-22;1-3-4-2/h2-4,7-8,11,16H,5-6H2,1H3;3H2,1-2H3. The quantitative estimate of drug-likeness (QED) is 0.628. The predicted octanol–water partition coefficient (Wildman–Crippen LogP) is 3.15. The van der Waals surface area contributed by atoms with Crippen molar-refractivity contribution in [3.63, 3.8) is 0 Å². The lowest BCUT2D eigenvalue weighted by Gasteiger charge is -2.14. The van der Waals surface area contributed by atoms with Gasteiger partial charge in [0.1, 0.15) is 16.9 Å². The minimum absolute atomic E-state index is 0.0447. The lowest BCUT2D eigenvalue weighted by molar-refractivity contribution is 0.112. The van der Waals surface area contributed by atoms with Crippen molar-refractivity contribution in [2.75, 3.05) is 26.1 Å². The number of aromatic nitrogens is 2. The molecule has 8 heteroatoms. The molecule has 2 aromatic rings. The number of nitroso groups, excluding NO2 is 1. The number of carbonyl (C=O) groups excluding carboxylic acids is 1. The van der Waals surface area contributed by atoms with E-state index in [4.69, 9.17) is 0 Å². The van der Waals surface area contributed by atoms with Gasteiger partial charge >= 0.3 is 0 Å². The van der Waals surface area contributed by atoms with Gasteiger partial charge in [0.25, 0.3) is 5.56 Å². The summed E-state index contributed by atoms with van der Waals surface area (Å²) in [6, 6.07) is 6.64. The van der Waals surface area contributed by atoms with Crippen LogP contribution < -0.4 is 10.9 Å². The second-order valence-corrected chi connectivity index (χ2v) is 5.70. The maximum atomic E-state index is 12.3. The van der Waals surface area contributed by atoms with E-state index in [0.717, 1.165) is 19.4 Å². The first-order valence-corrected chi connectivity index (χ1v) is 8.33. The molecule has 8 nitrogen and oxygen atoms in total. The van der Waals surface area contributed by atoms with Crippen LogP contribution in [-0.2, 0) is 4.74 Å². The number of nitrogens with zero attached hydrogens (tertiary/aromatic N) is 3. The van der Waals surface area contributed by atoms with Gasteiger partial charge < -0.3 is 10.1 Å². The molecule has 138 valence electrons. The zero-order valence-electron chi connectivity index (χ0n) is 15.1. The first-order chi connectivity index (χ1) is 12.6. The van der Waals surface area contributed by atoms with Crippen molar-refractivity contribution in [2.45, 2.75) is 25.8 Å². The number of ether oxygens (including phenoxy) is 1. The number of aldehydes is 1. The average Bonchev–Trinajstić information content (AvgIpc) is 3.52. The summed E-state index contributed by atoms with van der Waals surface area (Å²) in [5, 5.41) is 10.2. The van der Waals surface area contributed by atoms with Crippen LogP contribution in [0.5, 0.6) is 0 Å². The first-order valence-electron chi connectivity index (χ1n) is 8.33. The number of anilines is 1. The number of methoxy groups -OCH3 is 1. The Morgan fingerprint density at radius 2 is 2.12 bits per heavy atom. The Morgan fingerprint density at radius 1 is 1.42 bits per heavy atom. The Balaban J connectivity index is 0.000000552. The third-order valence-corrected chi connectivity index (χ3v) is 3.93. The van der Waals surface area contributed by atoms with E-state index in [1.807, 2.05) is 6.92 Å². The van der Waals surface area contributed by atoms with Crippen molar-refractivity contribution in [2.24, 2.45) is 5.18 Å². The lowest BCUT2D eigenvalue weighted by Crippen LogP contribution is -2.27. The zero-order valence-corrected chi connectivity index (χ0v) is 15.1. The average molecular weight is 358 g/mol. The smallest absolute Gasteiger partial charge is 0.279 e. The van der Waals surface area contributed by atoms with E-state index in [1.165, 1.54) is 4.68 Å². The molecule has 0 bridgehead atoms. The maximum absolute atomic E-state index is 12.3. The first kappa shape index (κ1) is 19.5. The Bertz CT molecular complexity index is 842. The molecule has 0 amide bonds. The molecule has 1 saturated carbocycles. The van der Waals surface area contributed by atoms with E-state index in [0.29, 0.717) is 23.2 Å². The van der Waals surface area contributed by atoms with E-state index in [9.17, 15) is 14.5 Å². The summed E-state index contributed by atoms with van der Waals surface area (Å²) >= 11 is 0. The van der Waals surface area contributed by atoms with Crippen LogP contribution in [0.15, 0.2) is 34.2 Å². The van der Waals surface area contributed by atoms with Crippen LogP contribution in [0.25, 0.3) is 11.3 Å². The fourth-order valence-corrected chi connectivity index (χ4v) is 2.40.